The summed E-state index contributed by atoms with van der Waals surface area (Å²) in [6.45, 7) is 3.63. The number of amides is 1. The summed E-state index contributed by atoms with van der Waals surface area (Å²) in [6.07, 6.45) is 20.3. The predicted octanol–water partition coefficient (Wildman–Crippen LogP) is 7.16. The molecule has 0 aliphatic rings. The van der Waals surface area contributed by atoms with Crippen LogP contribution < -0.4 is 0 Å². The maximum Gasteiger partial charge on any atom is 0.472 e. The first-order valence-electron chi connectivity index (χ1n) is 14.4. The van der Waals surface area contributed by atoms with Crippen molar-refractivity contribution in [3.63, 3.8) is 0 Å². The molecule has 0 saturated heterocycles. The van der Waals surface area contributed by atoms with Gasteiger partial charge >= 0.3 is 13.9 Å². The second kappa shape index (κ2) is 22.3. The van der Waals surface area contributed by atoms with Crippen molar-refractivity contribution < 1.29 is 32.5 Å². The van der Waals surface area contributed by atoms with Crippen molar-refractivity contribution in [1.82, 2.24) is 4.90 Å². The van der Waals surface area contributed by atoms with Crippen molar-refractivity contribution in [1.29, 1.82) is 0 Å². The number of quaternary nitrogens is 1. The Balaban J connectivity index is 3.78. The number of hydrogen-bond acceptors (Lipinski definition) is 5. The van der Waals surface area contributed by atoms with E-state index in [4.69, 9.17) is 13.8 Å². The van der Waals surface area contributed by atoms with Crippen molar-refractivity contribution in [2.24, 2.45) is 0 Å². The van der Waals surface area contributed by atoms with Crippen LogP contribution in [-0.4, -0.2) is 81.5 Å². The quantitative estimate of drug-likeness (QED) is 0.0756. The lowest BCUT2D eigenvalue weighted by Gasteiger charge is -2.24. The summed E-state index contributed by atoms with van der Waals surface area (Å²) in [4.78, 5) is 23.4. The normalized spacial score (nSPS) is 13.5. The van der Waals surface area contributed by atoms with Crippen LogP contribution in [0.15, 0.2) is 0 Å². The molecular weight excluding hydrogens is 479 g/mol. The highest BCUT2D eigenvalue weighted by atomic mass is 31.2. The van der Waals surface area contributed by atoms with Gasteiger partial charge in [0.25, 0.3) is 0 Å². The molecule has 0 aliphatic heterocycles. The first-order valence-corrected chi connectivity index (χ1v) is 15.9. The van der Waals surface area contributed by atoms with Crippen LogP contribution in [0, 0.1) is 0 Å². The number of ether oxygens (including phenoxy) is 1. The minimum absolute atomic E-state index is 0.0773. The zero-order chi connectivity index (χ0) is 27.1. The Hall–Kier alpha value is -0.660. The lowest BCUT2D eigenvalue weighted by atomic mass is 10.0. The summed E-state index contributed by atoms with van der Waals surface area (Å²) in [6, 6.07) is 0. The third kappa shape index (κ3) is 23.7. The van der Waals surface area contributed by atoms with Crippen LogP contribution in [0.1, 0.15) is 110 Å². The zero-order valence-electron chi connectivity index (χ0n) is 24.2. The van der Waals surface area contributed by atoms with Gasteiger partial charge in [0.1, 0.15) is 13.2 Å². The van der Waals surface area contributed by atoms with Crippen LogP contribution >= 0.6 is 7.82 Å². The third-order valence-electron chi connectivity index (χ3n) is 6.35. The van der Waals surface area contributed by atoms with Gasteiger partial charge in [-0.2, -0.15) is 0 Å². The fourth-order valence-electron chi connectivity index (χ4n) is 4.01. The molecular formula is C27H58N2O6P+. The van der Waals surface area contributed by atoms with E-state index in [-0.39, 0.29) is 19.8 Å². The molecule has 0 aromatic carbocycles. The smallest absolute Gasteiger partial charge is 0.453 e. The minimum Gasteiger partial charge on any atom is -0.453 e. The number of rotatable bonds is 25. The summed E-state index contributed by atoms with van der Waals surface area (Å²) in [5.41, 5.74) is 0. The zero-order valence-corrected chi connectivity index (χ0v) is 25.1. The highest BCUT2D eigenvalue weighted by Gasteiger charge is 2.23. The van der Waals surface area contributed by atoms with Gasteiger partial charge in [0.15, 0.2) is 0 Å². The van der Waals surface area contributed by atoms with E-state index in [2.05, 4.69) is 6.92 Å². The lowest BCUT2D eigenvalue weighted by molar-refractivity contribution is -0.870. The van der Waals surface area contributed by atoms with Crippen LogP contribution in [0.5, 0.6) is 0 Å². The van der Waals surface area contributed by atoms with E-state index < -0.39 is 13.9 Å². The number of phosphoric ester groups is 1. The number of carbonyl (C=O) groups excluding carboxylic acids is 1. The molecule has 0 heterocycles. The van der Waals surface area contributed by atoms with Gasteiger partial charge in [-0.1, -0.05) is 103 Å². The molecule has 216 valence electrons. The van der Waals surface area contributed by atoms with Gasteiger partial charge in [0.05, 0.1) is 34.9 Å². The second-order valence-electron chi connectivity index (χ2n) is 10.9. The van der Waals surface area contributed by atoms with Crippen molar-refractivity contribution in [2.45, 2.75) is 110 Å². The van der Waals surface area contributed by atoms with Gasteiger partial charge in [-0.15, -0.1) is 0 Å². The van der Waals surface area contributed by atoms with Gasteiger partial charge in [0, 0.05) is 13.1 Å². The van der Waals surface area contributed by atoms with Crippen LogP contribution in [-0.2, 0) is 18.3 Å². The van der Waals surface area contributed by atoms with Crippen LogP contribution in [0.4, 0.5) is 4.79 Å². The van der Waals surface area contributed by atoms with Crippen molar-refractivity contribution >= 4 is 13.9 Å². The number of methoxy groups -OCH3 is 1. The topological polar surface area (TPSA) is 85.3 Å². The molecule has 0 spiro atoms. The van der Waals surface area contributed by atoms with E-state index in [0.717, 1.165) is 19.3 Å². The average Bonchev–Trinajstić information content (AvgIpc) is 2.81. The molecule has 0 radical (unpaired) electrons. The molecule has 1 atom stereocenters. The molecule has 1 unspecified atom stereocenters. The van der Waals surface area contributed by atoms with E-state index in [1.165, 1.54) is 95.5 Å². The third-order valence-corrected chi connectivity index (χ3v) is 7.36. The molecule has 0 saturated carbocycles. The summed E-state index contributed by atoms with van der Waals surface area (Å²) in [5, 5.41) is 0. The Morgan fingerprint density at radius 1 is 0.722 bits per heavy atom. The molecule has 8 nitrogen and oxygen atoms in total. The Labute approximate surface area is 222 Å². The molecule has 1 amide bonds. The number of phosphoric acid groups is 1. The predicted molar refractivity (Wildman–Crippen MR) is 148 cm³/mol. The van der Waals surface area contributed by atoms with E-state index in [9.17, 15) is 14.3 Å². The standard InChI is InChI=1S/C27H57N2O6P/c1-6-7-8-9-10-11-12-13-14-15-16-17-18-19-20-21-22-28(27(30)33-5)23-25-34-36(31,32)35-26-24-29(2,3)4/h6-26H2,1-5H3/p+1. The number of unbranched alkanes of at least 4 members (excludes halogenated alkanes) is 15. The van der Waals surface area contributed by atoms with Gasteiger partial charge in [0.2, 0.25) is 0 Å². The molecule has 36 heavy (non-hydrogen) atoms. The van der Waals surface area contributed by atoms with Crippen molar-refractivity contribution in [2.75, 3.05) is 61.1 Å². The molecule has 0 bridgehead atoms. The van der Waals surface area contributed by atoms with Crippen molar-refractivity contribution in [3.8, 4) is 0 Å². The summed E-state index contributed by atoms with van der Waals surface area (Å²) >= 11 is 0. The first-order chi connectivity index (χ1) is 17.1. The van der Waals surface area contributed by atoms with Gasteiger partial charge < -0.3 is 19.0 Å². The first kappa shape index (κ1) is 35.3. The van der Waals surface area contributed by atoms with Gasteiger partial charge in [-0.25, -0.2) is 9.36 Å². The molecule has 0 fully saturated rings. The Kier molecular flexibility index (Phi) is 21.9. The van der Waals surface area contributed by atoms with Crippen LogP contribution in [0.2, 0.25) is 0 Å². The molecule has 1 N–H and O–H groups in total. The lowest BCUT2D eigenvalue weighted by Crippen LogP contribution is -2.37. The molecule has 0 aliphatic carbocycles. The average molecular weight is 538 g/mol. The number of hydrogen-bond donors (Lipinski definition) is 1. The molecule has 9 heteroatoms. The van der Waals surface area contributed by atoms with Crippen LogP contribution in [0.25, 0.3) is 0 Å². The molecule has 0 rings (SSSR count). The number of likely N-dealkylation sites (N-methyl/N-ethyl adjacent to an activating group) is 1. The van der Waals surface area contributed by atoms with E-state index in [0.29, 0.717) is 17.6 Å². The largest absolute Gasteiger partial charge is 0.472 e. The van der Waals surface area contributed by atoms with E-state index in [1.807, 2.05) is 21.1 Å². The molecule has 0 aromatic heterocycles. The van der Waals surface area contributed by atoms with Gasteiger partial charge in [-0.3, -0.25) is 9.05 Å². The van der Waals surface area contributed by atoms with E-state index in [1.54, 1.807) is 0 Å². The SMILES string of the molecule is CCCCCCCCCCCCCCCCCCN(CCOP(=O)(O)OCC[N+](C)(C)C)C(=O)OC. The van der Waals surface area contributed by atoms with Crippen molar-refractivity contribution in [3.05, 3.63) is 0 Å². The Bertz CT molecular complexity index is 571. The number of nitrogens with zero attached hydrogens (tertiary/aromatic N) is 2. The Morgan fingerprint density at radius 3 is 1.56 bits per heavy atom. The van der Waals surface area contributed by atoms with Gasteiger partial charge in [-0.05, 0) is 6.42 Å². The Morgan fingerprint density at radius 2 is 1.14 bits per heavy atom. The fraction of sp³-hybridized carbons (Fsp3) is 0.963. The summed E-state index contributed by atoms with van der Waals surface area (Å²) in [5.74, 6) is 0. The molecule has 0 aromatic rings. The summed E-state index contributed by atoms with van der Waals surface area (Å²) < 4.78 is 27.5. The monoisotopic (exact) mass is 537 g/mol. The van der Waals surface area contributed by atoms with Crippen LogP contribution in [0.3, 0.4) is 0 Å². The highest BCUT2D eigenvalue weighted by Crippen LogP contribution is 2.42. The maximum absolute atomic E-state index is 12.0. The number of carbonyl (C=O) groups is 1. The second-order valence-corrected chi connectivity index (χ2v) is 12.4. The fourth-order valence-corrected chi connectivity index (χ4v) is 4.71. The maximum atomic E-state index is 12.0. The summed E-state index contributed by atoms with van der Waals surface area (Å²) in [7, 11) is 3.13. The highest BCUT2D eigenvalue weighted by molar-refractivity contribution is 7.47. The van der Waals surface area contributed by atoms with E-state index >= 15 is 0 Å². The minimum atomic E-state index is -4.13.